The summed E-state index contributed by atoms with van der Waals surface area (Å²) in [5.74, 6) is -0.857. The summed E-state index contributed by atoms with van der Waals surface area (Å²) in [4.78, 5) is 25.4. The summed E-state index contributed by atoms with van der Waals surface area (Å²) in [5, 5.41) is 8.41. The van der Waals surface area contributed by atoms with Gasteiger partial charge in [-0.05, 0) is 6.42 Å². The SMILES string of the molecule is CN1CCCN(C/C=C/C(=O)O)CC1=O. The van der Waals surface area contributed by atoms with Crippen LogP contribution in [0.25, 0.3) is 0 Å². The van der Waals surface area contributed by atoms with Gasteiger partial charge in [0, 0.05) is 32.8 Å². The highest BCUT2D eigenvalue weighted by Gasteiger charge is 2.17. The van der Waals surface area contributed by atoms with Crippen molar-refractivity contribution < 1.29 is 14.7 Å². The molecule has 0 atom stereocenters. The molecule has 1 N–H and O–H groups in total. The van der Waals surface area contributed by atoms with Crippen molar-refractivity contribution in [1.82, 2.24) is 9.80 Å². The van der Waals surface area contributed by atoms with Crippen molar-refractivity contribution >= 4 is 11.9 Å². The van der Waals surface area contributed by atoms with Gasteiger partial charge in [0.1, 0.15) is 0 Å². The predicted molar refractivity (Wildman–Crippen MR) is 55.5 cm³/mol. The number of carbonyl (C=O) groups excluding carboxylic acids is 1. The maximum Gasteiger partial charge on any atom is 0.328 e. The highest BCUT2D eigenvalue weighted by Crippen LogP contribution is 2.02. The molecular weight excluding hydrogens is 196 g/mol. The molecule has 1 amide bonds. The molecule has 0 aromatic rings. The normalized spacial score (nSPS) is 19.5. The number of carboxylic acids is 1. The molecule has 84 valence electrons. The lowest BCUT2D eigenvalue weighted by Gasteiger charge is -2.16. The molecule has 0 aromatic heterocycles. The Hall–Kier alpha value is -1.36. The highest BCUT2D eigenvalue weighted by molar-refractivity contribution is 5.80. The van der Waals surface area contributed by atoms with Crippen LogP contribution in [-0.4, -0.2) is 60.0 Å². The van der Waals surface area contributed by atoms with Crippen LogP contribution < -0.4 is 0 Å². The Labute approximate surface area is 89.0 Å². The number of nitrogens with zero attached hydrogens (tertiary/aromatic N) is 2. The van der Waals surface area contributed by atoms with Gasteiger partial charge in [-0.2, -0.15) is 0 Å². The quantitative estimate of drug-likeness (QED) is 0.658. The third-order valence-electron chi connectivity index (χ3n) is 2.38. The number of carboxylic acid groups (broad SMARTS) is 1. The van der Waals surface area contributed by atoms with Crippen LogP contribution in [0.15, 0.2) is 12.2 Å². The van der Waals surface area contributed by atoms with E-state index in [0.29, 0.717) is 13.1 Å². The van der Waals surface area contributed by atoms with E-state index in [9.17, 15) is 9.59 Å². The van der Waals surface area contributed by atoms with Gasteiger partial charge in [-0.15, -0.1) is 0 Å². The molecule has 0 unspecified atom stereocenters. The molecule has 0 aromatic carbocycles. The molecule has 0 aliphatic carbocycles. The van der Waals surface area contributed by atoms with E-state index in [2.05, 4.69) is 0 Å². The van der Waals surface area contributed by atoms with Gasteiger partial charge in [0.05, 0.1) is 6.54 Å². The number of hydrogen-bond donors (Lipinski definition) is 1. The van der Waals surface area contributed by atoms with Crippen molar-refractivity contribution in [3.63, 3.8) is 0 Å². The van der Waals surface area contributed by atoms with Crippen LogP contribution in [0.2, 0.25) is 0 Å². The summed E-state index contributed by atoms with van der Waals surface area (Å²) in [6, 6.07) is 0. The number of hydrogen-bond acceptors (Lipinski definition) is 3. The zero-order valence-corrected chi connectivity index (χ0v) is 8.85. The van der Waals surface area contributed by atoms with Gasteiger partial charge in [-0.1, -0.05) is 6.08 Å². The lowest BCUT2D eigenvalue weighted by Crippen LogP contribution is -2.34. The van der Waals surface area contributed by atoms with Crippen molar-refractivity contribution in [3.05, 3.63) is 12.2 Å². The minimum absolute atomic E-state index is 0.0937. The average Bonchev–Trinajstić information content (AvgIpc) is 2.29. The van der Waals surface area contributed by atoms with Crippen LogP contribution in [-0.2, 0) is 9.59 Å². The van der Waals surface area contributed by atoms with Crippen molar-refractivity contribution in [3.8, 4) is 0 Å². The lowest BCUT2D eigenvalue weighted by atomic mass is 10.3. The van der Waals surface area contributed by atoms with Gasteiger partial charge in [0.15, 0.2) is 0 Å². The third-order valence-corrected chi connectivity index (χ3v) is 2.38. The second-order valence-electron chi connectivity index (χ2n) is 3.64. The molecule has 5 nitrogen and oxygen atoms in total. The molecule has 1 aliphatic heterocycles. The van der Waals surface area contributed by atoms with Crippen LogP contribution in [0.1, 0.15) is 6.42 Å². The monoisotopic (exact) mass is 212 g/mol. The fraction of sp³-hybridized carbons (Fsp3) is 0.600. The van der Waals surface area contributed by atoms with Gasteiger partial charge < -0.3 is 10.0 Å². The van der Waals surface area contributed by atoms with Crippen LogP contribution in [0.4, 0.5) is 0 Å². The molecule has 1 aliphatic rings. The molecule has 1 saturated heterocycles. The fourth-order valence-corrected chi connectivity index (χ4v) is 1.51. The third kappa shape index (κ3) is 4.12. The van der Waals surface area contributed by atoms with Gasteiger partial charge >= 0.3 is 5.97 Å². The van der Waals surface area contributed by atoms with Crippen molar-refractivity contribution in [2.75, 3.05) is 33.2 Å². The standard InChI is InChI=1S/C10H16N2O3/c1-11-5-3-7-12(8-9(11)13)6-2-4-10(14)15/h2,4H,3,5-8H2,1H3,(H,14,15)/b4-2+. The highest BCUT2D eigenvalue weighted by atomic mass is 16.4. The maximum absolute atomic E-state index is 11.5. The first kappa shape index (κ1) is 11.7. The van der Waals surface area contributed by atoms with E-state index >= 15 is 0 Å². The summed E-state index contributed by atoms with van der Waals surface area (Å²) in [6.45, 7) is 2.50. The molecule has 0 saturated carbocycles. The number of carbonyl (C=O) groups is 2. The van der Waals surface area contributed by atoms with E-state index in [4.69, 9.17) is 5.11 Å². The molecule has 0 radical (unpaired) electrons. The van der Waals surface area contributed by atoms with E-state index in [1.807, 2.05) is 4.90 Å². The van der Waals surface area contributed by atoms with Crippen molar-refractivity contribution in [1.29, 1.82) is 0 Å². The summed E-state index contributed by atoms with van der Waals surface area (Å²) in [6.07, 6.45) is 3.61. The smallest absolute Gasteiger partial charge is 0.328 e. The fourth-order valence-electron chi connectivity index (χ4n) is 1.51. The molecule has 0 bridgehead atoms. The summed E-state index contributed by atoms with van der Waals surface area (Å²) < 4.78 is 0. The number of aliphatic carboxylic acids is 1. The van der Waals surface area contributed by atoms with Crippen molar-refractivity contribution in [2.45, 2.75) is 6.42 Å². The Morgan fingerprint density at radius 3 is 2.93 bits per heavy atom. The molecule has 1 rings (SSSR count). The second-order valence-corrected chi connectivity index (χ2v) is 3.64. The Morgan fingerprint density at radius 1 is 1.53 bits per heavy atom. The Bertz CT molecular complexity index is 276. The predicted octanol–water partition coefficient (Wildman–Crippen LogP) is -0.209. The van der Waals surface area contributed by atoms with E-state index in [1.54, 1.807) is 18.0 Å². The minimum atomic E-state index is -0.951. The number of amides is 1. The molecule has 0 spiro atoms. The number of likely N-dealkylation sites (N-methyl/N-ethyl adjacent to an activating group) is 1. The van der Waals surface area contributed by atoms with Gasteiger partial charge in [0.2, 0.25) is 5.91 Å². The van der Waals surface area contributed by atoms with Gasteiger partial charge in [0.25, 0.3) is 0 Å². The Kier molecular flexibility index (Phi) is 4.30. The second kappa shape index (κ2) is 5.50. The molecule has 15 heavy (non-hydrogen) atoms. The molecule has 1 heterocycles. The number of rotatable bonds is 3. The topological polar surface area (TPSA) is 60.9 Å². The van der Waals surface area contributed by atoms with E-state index in [0.717, 1.165) is 25.6 Å². The maximum atomic E-state index is 11.5. The molecule has 1 fully saturated rings. The van der Waals surface area contributed by atoms with Crippen LogP contribution in [0.3, 0.4) is 0 Å². The van der Waals surface area contributed by atoms with Crippen molar-refractivity contribution in [2.24, 2.45) is 0 Å². The Morgan fingerprint density at radius 2 is 2.27 bits per heavy atom. The van der Waals surface area contributed by atoms with E-state index in [-0.39, 0.29) is 5.91 Å². The largest absolute Gasteiger partial charge is 0.478 e. The first-order valence-corrected chi connectivity index (χ1v) is 4.95. The summed E-state index contributed by atoms with van der Waals surface area (Å²) in [7, 11) is 1.79. The minimum Gasteiger partial charge on any atom is -0.478 e. The van der Waals surface area contributed by atoms with Crippen LogP contribution in [0, 0.1) is 0 Å². The zero-order valence-electron chi connectivity index (χ0n) is 8.85. The molecular formula is C10H16N2O3. The van der Waals surface area contributed by atoms with E-state index < -0.39 is 5.97 Å². The lowest BCUT2D eigenvalue weighted by molar-refractivity contribution is -0.131. The average molecular weight is 212 g/mol. The first-order valence-electron chi connectivity index (χ1n) is 4.95. The van der Waals surface area contributed by atoms with Gasteiger partial charge in [-0.25, -0.2) is 4.79 Å². The zero-order chi connectivity index (χ0) is 11.3. The van der Waals surface area contributed by atoms with E-state index in [1.165, 1.54) is 0 Å². The Balaban J connectivity index is 2.42. The summed E-state index contributed by atoms with van der Waals surface area (Å²) in [5.41, 5.74) is 0. The first-order chi connectivity index (χ1) is 7.09. The van der Waals surface area contributed by atoms with Crippen LogP contribution in [0.5, 0.6) is 0 Å². The summed E-state index contributed by atoms with van der Waals surface area (Å²) >= 11 is 0. The molecule has 5 heteroatoms. The van der Waals surface area contributed by atoms with Crippen LogP contribution >= 0.6 is 0 Å². The van der Waals surface area contributed by atoms with Gasteiger partial charge in [-0.3, -0.25) is 9.69 Å².